The molecule has 2 saturated heterocycles. The van der Waals surface area contributed by atoms with Crippen LogP contribution in [0.5, 0.6) is 0 Å². The molecule has 1 amide bonds. The highest BCUT2D eigenvalue weighted by Crippen LogP contribution is 2.34. The summed E-state index contributed by atoms with van der Waals surface area (Å²) in [5, 5.41) is 2.46. The van der Waals surface area contributed by atoms with Gasteiger partial charge in [0.2, 0.25) is 12.3 Å². The molecule has 2 fully saturated rings. The van der Waals surface area contributed by atoms with Crippen molar-refractivity contribution in [3.05, 3.63) is 0 Å². The van der Waals surface area contributed by atoms with Gasteiger partial charge in [0, 0.05) is 48.0 Å². The van der Waals surface area contributed by atoms with Gasteiger partial charge >= 0.3 is 35.8 Å². The van der Waals surface area contributed by atoms with Crippen molar-refractivity contribution in [2.75, 3.05) is 13.2 Å². The fourth-order valence-corrected chi connectivity index (χ4v) is 4.86. The van der Waals surface area contributed by atoms with Crippen molar-refractivity contribution in [3.8, 4) is 0 Å². The van der Waals surface area contributed by atoms with Gasteiger partial charge in [0.25, 0.3) is 0 Å². The number of rotatable bonds is 14. The Bertz CT molecular complexity index is 1230. The first-order chi connectivity index (χ1) is 22.4. The molecule has 2 aliphatic heterocycles. The number of carbonyl (C=O) groups excluding carboxylic acids is 8. The van der Waals surface area contributed by atoms with E-state index < -0.39 is 123 Å². The van der Waals surface area contributed by atoms with Crippen LogP contribution in [0.25, 0.3) is 0 Å². The maximum absolute atomic E-state index is 15.7. The summed E-state index contributed by atoms with van der Waals surface area (Å²) in [6.45, 7) is 6.18. The second kappa shape index (κ2) is 18.3. The van der Waals surface area contributed by atoms with E-state index in [2.05, 4.69) is 5.32 Å². The van der Waals surface area contributed by atoms with Crippen molar-refractivity contribution in [1.82, 2.24) is 5.32 Å². The molecule has 2 rings (SSSR count). The summed E-state index contributed by atoms with van der Waals surface area (Å²) in [4.78, 5) is 96.3. The Kier molecular flexibility index (Phi) is 15.3. The minimum Gasteiger partial charge on any atom is -0.463 e. The number of alkyl halides is 1. The van der Waals surface area contributed by atoms with Gasteiger partial charge in [-0.15, -0.1) is 0 Å². The molecule has 270 valence electrons. The van der Waals surface area contributed by atoms with Gasteiger partial charge < -0.3 is 52.7 Å². The van der Waals surface area contributed by atoms with Crippen LogP contribution in [0.3, 0.4) is 0 Å². The summed E-state index contributed by atoms with van der Waals surface area (Å²) in [5.41, 5.74) is 0. The topological polar surface area (TPSA) is 232 Å². The smallest absolute Gasteiger partial charge is 0.306 e. The van der Waals surface area contributed by atoms with Gasteiger partial charge in [0.1, 0.15) is 43.4 Å². The second-order valence-electron chi connectivity index (χ2n) is 10.9. The SMILES string of the molecule is CC(=O)CCC(=O)O[C@@H]1[C@@H](O[C@H]2O[C@H](COC(C)=O)[C@H](OC(C)=O)[C@H](OC(C)=O)[C@H]2NC(C)=O)[C@@H](OC(C)=O)[C@@H](COC(C)=O)O[C@H]1F. The third-order valence-corrected chi connectivity index (χ3v) is 6.64. The molecule has 0 unspecified atom stereocenters. The number of hydrogen-bond donors (Lipinski definition) is 1. The normalized spacial score (nSPS) is 29.8. The lowest BCUT2D eigenvalue weighted by molar-refractivity contribution is -0.335. The summed E-state index contributed by atoms with van der Waals surface area (Å²) >= 11 is 0. The van der Waals surface area contributed by atoms with E-state index in [1.165, 1.54) is 6.92 Å². The van der Waals surface area contributed by atoms with Gasteiger partial charge in [-0.25, -0.2) is 4.39 Å². The predicted molar refractivity (Wildman–Crippen MR) is 151 cm³/mol. The maximum Gasteiger partial charge on any atom is 0.306 e. The van der Waals surface area contributed by atoms with E-state index in [-0.39, 0.29) is 12.2 Å². The largest absolute Gasteiger partial charge is 0.463 e. The Labute approximate surface area is 274 Å². The summed E-state index contributed by atoms with van der Waals surface area (Å²) in [6, 6.07) is -1.55. The van der Waals surface area contributed by atoms with E-state index >= 15 is 4.39 Å². The van der Waals surface area contributed by atoms with Gasteiger partial charge in [-0.2, -0.15) is 0 Å². The number of hydrogen-bond acceptors (Lipinski definition) is 17. The molecule has 0 radical (unpaired) electrons. The lowest BCUT2D eigenvalue weighted by Gasteiger charge is -2.48. The van der Waals surface area contributed by atoms with Gasteiger partial charge in [0.05, 0.1) is 6.42 Å². The van der Waals surface area contributed by atoms with Gasteiger partial charge in [-0.05, 0) is 6.92 Å². The molecule has 0 aromatic carbocycles. The number of ketones is 1. The van der Waals surface area contributed by atoms with Crippen molar-refractivity contribution in [3.63, 3.8) is 0 Å². The van der Waals surface area contributed by atoms with Crippen LogP contribution in [0, 0.1) is 0 Å². The zero-order chi connectivity index (χ0) is 36.3. The van der Waals surface area contributed by atoms with E-state index in [9.17, 15) is 38.4 Å². The highest BCUT2D eigenvalue weighted by atomic mass is 19.1. The van der Waals surface area contributed by atoms with Crippen LogP contribution in [0.2, 0.25) is 0 Å². The molecule has 0 aromatic heterocycles. The average Bonchev–Trinajstić information content (AvgIpc) is 2.95. The Hall–Kier alpha value is -4.23. The molecule has 18 nitrogen and oxygen atoms in total. The van der Waals surface area contributed by atoms with E-state index in [0.29, 0.717) is 0 Å². The van der Waals surface area contributed by atoms with Crippen molar-refractivity contribution in [1.29, 1.82) is 0 Å². The molecular formula is C29H40FNO17. The molecule has 0 aromatic rings. The first-order valence-electron chi connectivity index (χ1n) is 14.7. The monoisotopic (exact) mass is 693 g/mol. The summed E-state index contributed by atoms with van der Waals surface area (Å²) in [6.07, 6.45) is -16.7. The van der Waals surface area contributed by atoms with Gasteiger partial charge in [0.15, 0.2) is 30.7 Å². The molecule has 48 heavy (non-hydrogen) atoms. The number of ether oxygens (including phenoxy) is 9. The number of Topliss-reactive ketones (excluding diaryl/α,β-unsaturated/α-hetero) is 1. The number of esters is 6. The lowest BCUT2D eigenvalue weighted by atomic mass is 9.94. The third kappa shape index (κ3) is 12.4. The van der Waals surface area contributed by atoms with Crippen LogP contribution >= 0.6 is 0 Å². The highest BCUT2D eigenvalue weighted by Gasteiger charge is 2.57. The molecule has 0 saturated carbocycles. The van der Waals surface area contributed by atoms with Crippen LogP contribution in [0.15, 0.2) is 0 Å². The highest BCUT2D eigenvalue weighted by molar-refractivity contribution is 5.81. The zero-order valence-electron chi connectivity index (χ0n) is 27.4. The Morgan fingerprint density at radius 2 is 1.06 bits per heavy atom. The molecule has 0 spiro atoms. The van der Waals surface area contributed by atoms with Crippen molar-refractivity contribution in [2.45, 2.75) is 123 Å². The molecule has 2 aliphatic rings. The molecule has 2 heterocycles. The predicted octanol–water partition coefficient (Wildman–Crippen LogP) is -0.502. The standard InChI is InChI=1S/C29H40FNO17/c1-12(32)8-9-21(39)47-27-26(24(43-17(6)37)19(45-28(27)30)10-40-14(3)34)48-29-22(31-13(2)33)25(44-18(7)38)23(42-16(5)36)20(46-29)11-41-15(4)35/h19-20,22-29H,8-11H2,1-7H3,(H,31,33)/t19-,20-,22-,23+,24+,25-,26+,27-,28-,29-/m1/s1. The van der Waals surface area contributed by atoms with Crippen molar-refractivity contribution in [2.24, 2.45) is 0 Å². The minimum atomic E-state index is -2.51. The summed E-state index contributed by atoms with van der Waals surface area (Å²) in [7, 11) is 0. The van der Waals surface area contributed by atoms with Crippen LogP contribution < -0.4 is 5.32 Å². The molecule has 10 atom stereocenters. The lowest BCUT2D eigenvalue weighted by Crippen LogP contribution is -2.69. The van der Waals surface area contributed by atoms with Crippen LogP contribution in [0.4, 0.5) is 4.39 Å². The Morgan fingerprint density at radius 1 is 0.583 bits per heavy atom. The fourth-order valence-electron chi connectivity index (χ4n) is 4.86. The molecule has 0 aliphatic carbocycles. The van der Waals surface area contributed by atoms with Gasteiger partial charge in [-0.1, -0.05) is 0 Å². The van der Waals surface area contributed by atoms with E-state index in [1.54, 1.807) is 0 Å². The van der Waals surface area contributed by atoms with Crippen LogP contribution in [-0.4, -0.2) is 122 Å². The zero-order valence-corrected chi connectivity index (χ0v) is 27.4. The Balaban J connectivity index is 2.69. The molecular weight excluding hydrogens is 653 g/mol. The maximum atomic E-state index is 15.7. The second-order valence-corrected chi connectivity index (χ2v) is 10.9. The van der Waals surface area contributed by atoms with Gasteiger partial charge in [-0.3, -0.25) is 33.6 Å². The number of carbonyl (C=O) groups is 8. The van der Waals surface area contributed by atoms with Crippen LogP contribution in [0.1, 0.15) is 61.3 Å². The third-order valence-electron chi connectivity index (χ3n) is 6.64. The van der Waals surface area contributed by atoms with Crippen LogP contribution in [-0.2, 0) is 81.0 Å². The molecule has 0 bridgehead atoms. The van der Waals surface area contributed by atoms with E-state index in [0.717, 1.165) is 41.5 Å². The van der Waals surface area contributed by atoms with E-state index in [1.807, 2.05) is 0 Å². The quantitative estimate of drug-likeness (QED) is 0.178. The first kappa shape index (κ1) is 39.9. The average molecular weight is 694 g/mol. The minimum absolute atomic E-state index is 0.257. The first-order valence-corrected chi connectivity index (χ1v) is 14.7. The van der Waals surface area contributed by atoms with E-state index in [4.69, 9.17) is 42.6 Å². The van der Waals surface area contributed by atoms with Crippen molar-refractivity contribution >= 4 is 47.5 Å². The molecule has 1 N–H and O–H groups in total. The summed E-state index contributed by atoms with van der Waals surface area (Å²) in [5.74, 6) is -6.50. The van der Waals surface area contributed by atoms with Crippen molar-refractivity contribution < 1.29 is 85.4 Å². The number of amides is 1. The Morgan fingerprint density at radius 3 is 1.52 bits per heavy atom. The number of nitrogens with one attached hydrogen (secondary N) is 1. The summed E-state index contributed by atoms with van der Waals surface area (Å²) < 4.78 is 64.6. The fraction of sp³-hybridized carbons (Fsp3) is 0.724. The number of halogens is 1. The molecule has 19 heteroatoms.